The Labute approximate surface area is 621 Å². The van der Waals surface area contributed by atoms with Crippen molar-refractivity contribution in [1.82, 2.24) is 83.9 Å². The number of nitrogens with two attached hydrogens (primary N) is 1. The standard InChI is InChI=1S/C64H78N18O30/c65-18-29-24(46(94)53(107-29)77-7-1-35(83)71-59(77)101)13-41(89)66-19-30-25(47(95)54(108-30)78-8-2-36(84)72-60(78)102)14-42(90)67-20-31-26(48(96)55(109-31)79-9-3-37(85)73-61(79)103)15-43(91)68-21-32-27(49(97)56(110-32)80-10-4-38(86)74-62(80)104)16-44(92)69-22-33-28(50(98)57(111-33)81-11-5-39(87)75-63(81)105)17-45(93)70-23-34-51(99)52(100)58(112-34)82-12-6-40(88)76-64(82)106/h1-12,24-34,46-58,94-100H,13-23,65H2,(H,66,89)(H,67,90)(H,68,91)(H,69,92)(H,70,93)(H,71,83,101)(H,72,84,102)(H,73,85,103)(H,74,86,104)(H,75,87,105)(H,76,88,106)/t24-,25-,26-,27-,28-,29-,30-,31-,32-,33-,34-,46-,47-,48-,49-,50-,51-,52-,53-,54-,55-,56-,57-,58-/m1/s1. The maximum atomic E-state index is 14.3. The second kappa shape index (κ2) is 33.8. The summed E-state index contributed by atoms with van der Waals surface area (Å²) in [5.74, 6) is -10.7. The largest absolute Gasteiger partial charge is 0.388 e. The predicted octanol–water partition coefficient (Wildman–Crippen LogP) is -13.2. The minimum atomic E-state index is -1.81. The van der Waals surface area contributed by atoms with Gasteiger partial charge in [-0.3, -0.25) is 110 Å². The molecule has 20 N–H and O–H groups in total. The van der Waals surface area contributed by atoms with Gasteiger partial charge in [0.05, 0.1) is 30.5 Å². The van der Waals surface area contributed by atoms with E-state index in [1.54, 1.807) is 0 Å². The van der Waals surface area contributed by atoms with Crippen molar-refractivity contribution in [2.75, 3.05) is 39.3 Å². The average Bonchev–Trinajstić information content (AvgIpc) is 1.68. The fourth-order valence-corrected chi connectivity index (χ4v) is 14.8. The van der Waals surface area contributed by atoms with Gasteiger partial charge in [-0.2, -0.15) is 0 Å². The number of hydrogen-bond acceptors (Lipinski definition) is 31. The lowest BCUT2D eigenvalue weighted by Gasteiger charge is -2.24. The number of aliphatic hydroxyl groups is 7. The quantitative estimate of drug-likeness (QED) is 0.0228. The highest BCUT2D eigenvalue weighted by molar-refractivity contribution is 5.79. The van der Waals surface area contributed by atoms with Crippen molar-refractivity contribution in [2.24, 2.45) is 35.3 Å². The normalized spacial score (nSPS) is 31.5. The van der Waals surface area contributed by atoms with E-state index in [9.17, 15) is 117 Å². The molecule has 112 heavy (non-hydrogen) atoms. The third-order valence-electron chi connectivity index (χ3n) is 20.5. The number of aromatic amines is 6. The highest BCUT2D eigenvalue weighted by atomic mass is 16.6. The number of hydrogen-bond donors (Lipinski definition) is 19. The molecule has 24 atom stereocenters. The second-order valence-electron chi connectivity index (χ2n) is 27.5. The van der Waals surface area contributed by atoms with Crippen LogP contribution >= 0.6 is 0 Å². The Morgan fingerprint density at radius 2 is 0.464 bits per heavy atom. The summed E-state index contributed by atoms with van der Waals surface area (Å²) in [7, 11) is 0. The molecule has 48 heteroatoms. The minimum absolute atomic E-state index is 0.231. The molecule has 48 nitrogen and oxygen atoms in total. The first-order chi connectivity index (χ1) is 53.3. The highest BCUT2D eigenvalue weighted by Gasteiger charge is 2.53. The number of amides is 5. The molecule has 6 aliphatic heterocycles. The van der Waals surface area contributed by atoms with Crippen LogP contribution in [-0.2, 0) is 52.4 Å². The lowest BCUT2D eigenvalue weighted by molar-refractivity contribution is -0.125. The molecule has 0 aliphatic carbocycles. The van der Waals surface area contributed by atoms with Crippen LogP contribution in [0.25, 0.3) is 0 Å². The number of ether oxygens (including phenoxy) is 6. The van der Waals surface area contributed by atoms with Gasteiger partial charge in [0, 0.05) is 175 Å². The third-order valence-corrected chi connectivity index (χ3v) is 20.5. The van der Waals surface area contributed by atoms with Gasteiger partial charge < -0.3 is 96.5 Å². The van der Waals surface area contributed by atoms with E-state index in [4.69, 9.17) is 34.2 Å². The Morgan fingerprint density at radius 1 is 0.286 bits per heavy atom. The van der Waals surface area contributed by atoms with Gasteiger partial charge in [0.1, 0.15) is 48.8 Å². The molecule has 6 saturated heterocycles. The second-order valence-corrected chi connectivity index (χ2v) is 27.5. The number of carbonyl (C=O) groups is 5. The summed E-state index contributed by atoms with van der Waals surface area (Å²) in [4.78, 5) is 232. The van der Waals surface area contributed by atoms with Gasteiger partial charge in [0.15, 0.2) is 37.4 Å². The Balaban J connectivity index is 0.717. The first-order valence-corrected chi connectivity index (χ1v) is 35.0. The minimum Gasteiger partial charge on any atom is -0.388 e. The molecule has 0 saturated carbocycles. The number of nitrogens with zero attached hydrogens (tertiary/aromatic N) is 6. The predicted molar refractivity (Wildman–Crippen MR) is 368 cm³/mol. The summed E-state index contributed by atoms with van der Waals surface area (Å²) in [6.07, 6.45) is -26.4. The van der Waals surface area contributed by atoms with Crippen LogP contribution in [0, 0.1) is 29.6 Å². The van der Waals surface area contributed by atoms with Crippen LogP contribution in [-0.4, -0.2) is 241 Å². The molecule has 5 amide bonds. The summed E-state index contributed by atoms with van der Waals surface area (Å²) < 4.78 is 40.9. The molecule has 0 aromatic carbocycles. The van der Waals surface area contributed by atoms with Crippen molar-refractivity contribution in [2.45, 2.75) is 149 Å². The Hall–Kier alpha value is -11.1. The van der Waals surface area contributed by atoms with Crippen molar-refractivity contribution < 1.29 is 88.1 Å². The van der Waals surface area contributed by atoms with E-state index in [-0.39, 0.29) is 6.54 Å². The molecule has 6 aromatic rings. The van der Waals surface area contributed by atoms with Gasteiger partial charge in [0.25, 0.3) is 33.4 Å². The Bertz CT molecular complexity index is 5270. The van der Waals surface area contributed by atoms with Gasteiger partial charge in [-0.1, -0.05) is 0 Å². The molecule has 0 radical (unpaired) electrons. The summed E-state index contributed by atoms with van der Waals surface area (Å²) >= 11 is 0. The zero-order valence-corrected chi connectivity index (χ0v) is 58.3. The van der Waals surface area contributed by atoms with Crippen LogP contribution in [0.5, 0.6) is 0 Å². The van der Waals surface area contributed by atoms with Gasteiger partial charge >= 0.3 is 34.1 Å². The van der Waals surface area contributed by atoms with Crippen LogP contribution in [0.4, 0.5) is 0 Å². The number of rotatable bonds is 27. The van der Waals surface area contributed by atoms with Crippen LogP contribution in [0.3, 0.4) is 0 Å². The van der Waals surface area contributed by atoms with E-state index in [2.05, 4.69) is 26.6 Å². The van der Waals surface area contributed by atoms with E-state index in [0.717, 1.165) is 101 Å². The molecule has 6 aromatic heterocycles. The van der Waals surface area contributed by atoms with Crippen LogP contribution in [0.15, 0.2) is 131 Å². The third kappa shape index (κ3) is 17.3. The maximum absolute atomic E-state index is 14.3. The van der Waals surface area contributed by atoms with Crippen molar-refractivity contribution in [1.29, 1.82) is 0 Å². The van der Waals surface area contributed by atoms with Crippen molar-refractivity contribution in [3.8, 4) is 0 Å². The van der Waals surface area contributed by atoms with Crippen LogP contribution < -0.4 is 99.8 Å². The first kappa shape index (κ1) is 80.4. The molecule has 0 spiro atoms. The topological polar surface area (TPSA) is 698 Å². The zero-order valence-electron chi connectivity index (χ0n) is 58.3. The fourth-order valence-electron chi connectivity index (χ4n) is 14.8. The molecule has 12 rings (SSSR count). The zero-order chi connectivity index (χ0) is 80.4. The fraction of sp³-hybridized carbons (Fsp3) is 0.547. The van der Waals surface area contributed by atoms with E-state index < -0.39 is 308 Å². The molecule has 0 bridgehead atoms. The van der Waals surface area contributed by atoms with Gasteiger partial charge in [0.2, 0.25) is 29.5 Å². The lowest BCUT2D eigenvalue weighted by Crippen LogP contribution is -2.44. The number of H-pyrrole nitrogens is 6. The smallest absolute Gasteiger partial charge is 0.330 e. The molecule has 604 valence electrons. The molecule has 0 unspecified atom stereocenters. The van der Waals surface area contributed by atoms with Crippen molar-refractivity contribution >= 4 is 29.5 Å². The average molecular weight is 1580 g/mol. The van der Waals surface area contributed by atoms with E-state index in [0.29, 0.717) is 0 Å². The van der Waals surface area contributed by atoms with Crippen LogP contribution in [0.1, 0.15) is 69.5 Å². The number of aromatic nitrogens is 12. The van der Waals surface area contributed by atoms with E-state index >= 15 is 0 Å². The Kier molecular flexibility index (Phi) is 24.3. The molecule has 6 aliphatic rings. The highest BCUT2D eigenvalue weighted by Crippen LogP contribution is 2.41. The first-order valence-electron chi connectivity index (χ1n) is 35.0. The summed E-state index contributed by atoms with van der Waals surface area (Å²) in [6.45, 7) is -2.94. The SMILES string of the molecule is NC[C@H]1O[C@@H](n2ccc(=O)[nH]c2=O)[C@H](O)[C@@H]1CC(=O)NC[C@H]1O[C@@H](n2ccc(=O)[nH]c2=O)[C@H](O)[C@@H]1CC(=O)NC[C@H]1O[C@@H](n2ccc(=O)[nH]c2=O)[C@H](O)[C@@H]1CC(=O)NC[C@H]1O[C@@H](n2ccc(=O)[nH]c2=O)[C@H](O)[C@@H]1CC(=O)NC[C@H]1O[C@@H](n2ccc(=O)[nH]c2=O)[C@H](O)[C@@H]1CC(=O)NC[C@H]1O[C@@H](n2ccc(=O)[nH]c2=O)[C@H](O)[C@@H]1O. The van der Waals surface area contributed by atoms with Gasteiger partial charge in [-0.25, -0.2) is 28.8 Å². The summed E-state index contributed by atoms with van der Waals surface area (Å²) in [5, 5.41) is 93.2. The summed E-state index contributed by atoms with van der Waals surface area (Å²) in [5.41, 5.74) is -5.01. The van der Waals surface area contributed by atoms with E-state index in [1.807, 2.05) is 29.9 Å². The molecule has 12 heterocycles. The number of carbonyl (C=O) groups excluding carboxylic acids is 5. The van der Waals surface area contributed by atoms with Crippen molar-refractivity contribution in [3.05, 3.63) is 199 Å². The monoisotopic (exact) mass is 1580 g/mol. The van der Waals surface area contributed by atoms with Gasteiger partial charge in [-0.05, 0) is 0 Å². The van der Waals surface area contributed by atoms with Crippen molar-refractivity contribution in [3.63, 3.8) is 0 Å². The molecule has 6 fully saturated rings. The Morgan fingerprint density at radius 3 is 0.670 bits per heavy atom. The number of aliphatic hydroxyl groups excluding tert-OH is 7. The van der Waals surface area contributed by atoms with Gasteiger partial charge in [-0.15, -0.1) is 0 Å². The van der Waals surface area contributed by atoms with E-state index in [1.165, 1.54) is 0 Å². The summed E-state index contributed by atoms with van der Waals surface area (Å²) in [6, 6.07) is 5.72. The maximum Gasteiger partial charge on any atom is 0.330 e. The lowest BCUT2D eigenvalue weighted by atomic mass is 9.91. The number of nitrogens with one attached hydrogen (secondary N) is 11. The molecular weight excluding hydrogens is 1500 g/mol. The molecular formula is C64H78N18O30. The van der Waals surface area contributed by atoms with Crippen LogP contribution in [0.2, 0.25) is 0 Å².